The van der Waals surface area contributed by atoms with E-state index < -0.39 is 12.0 Å². The number of nitrogens with zero attached hydrogens (tertiary/aromatic N) is 1. The van der Waals surface area contributed by atoms with Crippen LogP contribution < -0.4 is 5.73 Å². The Kier molecular flexibility index (Phi) is 4.05. The fourth-order valence-corrected chi connectivity index (χ4v) is 4.19. The minimum absolute atomic E-state index is 0.102. The second kappa shape index (κ2) is 5.82. The molecule has 6 nitrogen and oxygen atoms in total. The third kappa shape index (κ3) is 2.39. The summed E-state index contributed by atoms with van der Waals surface area (Å²) in [6.07, 6.45) is 3.23. The highest BCUT2D eigenvalue weighted by Crippen LogP contribution is 2.42. The number of fused-ring (bicyclic) bond motifs is 1. The van der Waals surface area contributed by atoms with E-state index in [1.807, 2.05) is 0 Å². The maximum atomic E-state index is 12.3. The summed E-state index contributed by atoms with van der Waals surface area (Å²) in [6, 6.07) is -0.539. The average Bonchev–Trinajstić information content (AvgIpc) is 3.04. The van der Waals surface area contributed by atoms with Crippen LogP contribution in [0.1, 0.15) is 12.8 Å². The molecular formula is C14H18N2O4S. The monoisotopic (exact) mass is 310 g/mol. The minimum Gasteiger partial charge on any atom is -0.457 e. The van der Waals surface area contributed by atoms with Crippen molar-refractivity contribution in [3.8, 4) is 0 Å². The lowest BCUT2D eigenvalue weighted by atomic mass is 10.00. The van der Waals surface area contributed by atoms with Gasteiger partial charge in [0.15, 0.2) is 0 Å². The summed E-state index contributed by atoms with van der Waals surface area (Å²) in [4.78, 5) is 25.8. The Balaban J connectivity index is 1.92. The van der Waals surface area contributed by atoms with Gasteiger partial charge in [0.1, 0.15) is 23.7 Å². The number of nitrogens with two attached hydrogens (primary N) is 1. The summed E-state index contributed by atoms with van der Waals surface area (Å²) in [7, 11) is 0. The zero-order valence-corrected chi connectivity index (χ0v) is 12.4. The van der Waals surface area contributed by atoms with E-state index in [-0.39, 0.29) is 24.0 Å². The van der Waals surface area contributed by atoms with Crippen molar-refractivity contribution in [1.82, 2.24) is 4.90 Å². The van der Waals surface area contributed by atoms with Crippen LogP contribution in [0, 0.1) is 0 Å². The number of β-lactam (4-membered cyclic amide) rings is 1. The number of ether oxygens (including phenoxy) is 2. The Morgan fingerprint density at radius 1 is 1.62 bits per heavy atom. The number of hydrogen-bond acceptors (Lipinski definition) is 6. The number of amides is 1. The topological polar surface area (TPSA) is 81.9 Å². The van der Waals surface area contributed by atoms with Crippen molar-refractivity contribution < 1.29 is 19.1 Å². The van der Waals surface area contributed by atoms with E-state index in [2.05, 4.69) is 6.58 Å². The lowest BCUT2D eigenvalue weighted by Gasteiger charge is -2.48. The molecule has 3 unspecified atom stereocenters. The van der Waals surface area contributed by atoms with Crippen molar-refractivity contribution in [3.63, 3.8) is 0 Å². The van der Waals surface area contributed by atoms with Gasteiger partial charge in [-0.1, -0.05) is 12.7 Å². The van der Waals surface area contributed by atoms with Crippen molar-refractivity contribution in [2.24, 2.45) is 5.73 Å². The highest BCUT2D eigenvalue weighted by atomic mass is 32.2. The smallest absolute Gasteiger partial charge is 0.355 e. The Labute approximate surface area is 127 Å². The molecule has 2 saturated heterocycles. The zero-order chi connectivity index (χ0) is 15.0. The number of esters is 1. The Bertz CT molecular complexity index is 513. The van der Waals surface area contributed by atoms with Crippen LogP contribution in [0.25, 0.3) is 0 Å². The van der Waals surface area contributed by atoms with Crippen molar-refractivity contribution >= 4 is 23.6 Å². The predicted molar refractivity (Wildman–Crippen MR) is 78.2 cm³/mol. The number of carbonyl (C=O) groups is 2. The molecule has 2 N–H and O–H groups in total. The summed E-state index contributed by atoms with van der Waals surface area (Å²) < 4.78 is 10.8. The standard InChI is InChI=1S/C14H18N2O4S/c1-2-5-20-14(18)11-8(9-4-3-6-19-9)7-21-13-10(15)12(17)16(11)13/h2,9-10,13H,1,3-7,15H2. The minimum atomic E-state index is -0.539. The molecule has 114 valence electrons. The molecule has 0 spiro atoms. The van der Waals surface area contributed by atoms with Gasteiger partial charge in [-0.05, 0) is 18.4 Å². The molecule has 3 aliphatic rings. The van der Waals surface area contributed by atoms with Crippen LogP contribution in [0.5, 0.6) is 0 Å². The molecule has 0 bridgehead atoms. The molecule has 21 heavy (non-hydrogen) atoms. The zero-order valence-electron chi connectivity index (χ0n) is 11.6. The fourth-order valence-electron chi connectivity index (χ4n) is 2.83. The van der Waals surface area contributed by atoms with Crippen LogP contribution >= 0.6 is 11.8 Å². The van der Waals surface area contributed by atoms with Crippen molar-refractivity contribution in [2.75, 3.05) is 19.0 Å². The van der Waals surface area contributed by atoms with Gasteiger partial charge < -0.3 is 15.2 Å². The highest BCUT2D eigenvalue weighted by Gasteiger charge is 2.53. The normalized spacial score (nSPS) is 31.8. The number of hydrogen-bond donors (Lipinski definition) is 1. The van der Waals surface area contributed by atoms with Crippen molar-refractivity contribution in [1.29, 1.82) is 0 Å². The third-order valence-corrected chi connectivity index (χ3v) is 5.21. The van der Waals surface area contributed by atoms with E-state index in [1.165, 1.54) is 11.0 Å². The number of rotatable bonds is 4. The van der Waals surface area contributed by atoms with E-state index >= 15 is 0 Å². The van der Waals surface area contributed by atoms with Crippen LogP contribution in [0.3, 0.4) is 0 Å². The Morgan fingerprint density at radius 3 is 3.10 bits per heavy atom. The number of thioether (sulfide) groups is 1. The van der Waals surface area contributed by atoms with Gasteiger partial charge >= 0.3 is 5.97 Å². The lowest BCUT2D eigenvalue weighted by molar-refractivity contribution is -0.150. The summed E-state index contributed by atoms with van der Waals surface area (Å²) in [5.74, 6) is -0.0788. The molecule has 3 heterocycles. The largest absolute Gasteiger partial charge is 0.457 e. The molecular weight excluding hydrogens is 292 g/mol. The maximum Gasteiger partial charge on any atom is 0.355 e. The second-order valence-corrected chi connectivity index (χ2v) is 6.30. The summed E-state index contributed by atoms with van der Waals surface area (Å²) >= 11 is 1.58. The molecule has 0 aliphatic carbocycles. The molecule has 2 fully saturated rings. The molecule has 3 rings (SSSR count). The molecule has 0 radical (unpaired) electrons. The van der Waals surface area contributed by atoms with Gasteiger partial charge in [0, 0.05) is 12.4 Å². The van der Waals surface area contributed by atoms with Crippen molar-refractivity contribution in [2.45, 2.75) is 30.4 Å². The van der Waals surface area contributed by atoms with Gasteiger partial charge in [0.05, 0.1) is 6.10 Å². The lowest BCUT2D eigenvalue weighted by Crippen LogP contribution is -2.68. The first-order chi connectivity index (χ1) is 10.1. The van der Waals surface area contributed by atoms with Crippen LogP contribution in [0.15, 0.2) is 23.9 Å². The predicted octanol–water partition coefficient (Wildman–Crippen LogP) is 0.391. The summed E-state index contributed by atoms with van der Waals surface area (Å²) in [5, 5.41) is -0.172. The van der Waals surface area contributed by atoms with Gasteiger partial charge in [-0.15, -0.1) is 11.8 Å². The van der Waals surface area contributed by atoms with Gasteiger partial charge in [0.25, 0.3) is 0 Å². The van der Waals surface area contributed by atoms with Gasteiger partial charge in [-0.3, -0.25) is 9.69 Å². The fraction of sp³-hybridized carbons (Fsp3) is 0.571. The van der Waals surface area contributed by atoms with Crippen LogP contribution in [0.2, 0.25) is 0 Å². The highest BCUT2D eigenvalue weighted by molar-refractivity contribution is 8.00. The molecule has 0 aromatic rings. The molecule has 0 aromatic heterocycles. The molecule has 7 heteroatoms. The maximum absolute atomic E-state index is 12.3. The molecule has 0 aromatic carbocycles. The van der Waals surface area contributed by atoms with E-state index in [1.54, 1.807) is 11.8 Å². The van der Waals surface area contributed by atoms with Gasteiger partial charge in [-0.25, -0.2) is 4.79 Å². The first-order valence-electron chi connectivity index (χ1n) is 6.98. The van der Waals surface area contributed by atoms with E-state index in [9.17, 15) is 9.59 Å². The van der Waals surface area contributed by atoms with Crippen LogP contribution in [-0.4, -0.2) is 53.3 Å². The van der Waals surface area contributed by atoms with Gasteiger partial charge in [-0.2, -0.15) is 0 Å². The van der Waals surface area contributed by atoms with E-state index in [0.29, 0.717) is 18.1 Å². The van der Waals surface area contributed by atoms with Crippen molar-refractivity contribution in [3.05, 3.63) is 23.9 Å². The molecule has 3 aliphatic heterocycles. The third-order valence-electron chi connectivity index (χ3n) is 3.88. The average molecular weight is 310 g/mol. The molecule has 1 amide bonds. The Hall–Kier alpha value is -1.31. The molecule has 0 saturated carbocycles. The second-order valence-electron chi connectivity index (χ2n) is 5.20. The first kappa shape index (κ1) is 14.6. The summed E-state index contributed by atoms with van der Waals surface area (Å²) in [5.41, 5.74) is 6.99. The van der Waals surface area contributed by atoms with Crippen LogP contribution in [-0.2, 0) is 19.1 Å². The van der Waals surface area contributed by atoms with E-state index in [4.69, 9.17) is 15.2 Å². The SMILES string of the molecule is C=CCOC(=O)C1=C(C2CCCO2)CSC2C(N)C(=O)N12. The van der Waals surface area contributed by atoms with E-state index in [0.717, 1.165) is 18.4 Å². The first-order valence-corrected chi connectivity index (χ1v) is 8.03. The molecule has 3 atom stereocenters. The quantitative estimate of drug-likeness (QED) is 0.459. The van der Waals surface area contributed by atoms with Gasteiger partial charge in [0.2, 0.25) is 5.91 Å². The number of carbonyl (C=O) groups excluding carboxylic acids is 2. The van der Waals surface area contributed by atoms with Crippen LogP contribution in [0.4, 0.5) is 0 Å². The Morgan fingerprint density at radius 2 is 2.43 bits per heavy atom. The summed E-state index contributed by atoms with van der Waals surface area (Å²) in [6.45, 7) is 4.33.